The number of nitrogens with two attached hydrogens (primary N) is 1. The predicted molar refractivity (Wildman–Crippen MR) is 111 cm³/mol. The smallest absolute Gasteiger partial charge is 0.158 e. The van der Waals surface area contributed by atoms with Gasteiger partial charge in [0.05, 0.1) is 7.11 Å². The van der Waals surface area contributed by atoms with Gasteiger partial charge in [-0.3, -0.25) is 9.69 Å². The highest BCUT2D eigenvalue weighted by Crippen LogP contribution is 2.27. The van der Waals surface area contributed by atoms with E-state index >= 15 is 0 Å². The number of nitrogens with zero attached hydrogens (tertiary/aromatic N) is 4. The first kappa shape index (κ1) is 19.4. The van der Waals surface area contributed by atoms with Gasteiger partial charge in [0.25, 0.3) is 0 Å². The number of piperidine rings is 1. The molecule has 0 radical (unpaired) electrons. The molecule has 1 aliphatic heterocycles. The van der Waals surface area contributed by atoms with Gasteiger partial charge in [0.1, 0.15) is 23.4 Å². The highest BCUT2D eigenvalue weighted by Gasteiger charge is 2.30. The largest absolute Gasteiger partial charge is 0.497 e. The quantitative estimate of drug-likeness (QED) is 0.661. The van der Waals surface area contributed by atoms with Gasteiger partial charge < -0.3 is 15.8 Å². The molecule has 2 aromatic heterocycles. The molecule has 0 unspecified atom stereocenters. The molecule has 1 aliphatic rings. The Morgan fingerprint density at radius 1 is 1.38 bits per heavy atom. The maximum absolute atomic E-state index is 11.9. The average Bonchev–Trinajstić information content (AvgIpc) is 3.13. The number of ketones is 1. The first-order valence-corrected chi connectivity index (χ1v) is 9.76. The first-order valence-electron chi connectivity index (χ1n) is 9.76. The van der Waals surface area contributed by atoms with Crippen LogP contribution in [0.5, 0.6) is 5.75 Å². The molecule has 2 atom stereocenters. The van der Waals surface area contributed by atoms with Crippen molar-refractivity contribution in [2.75, 3.05) is 25.5 Å². The van der Waals surface area contributed by atoms with Crippen LogP contribution < -0.4 is 15.8 Å². The molecule has 29 heavy (non-hydrogen) atoms. The van der Waals surface area contributed by atoms with E-state index in [0.717, 1.165) is 41.3 Å². The van der Waals surface area contributed by atoms with Crippen LogP contribution in [0.15, 0.2) is 42.9 Å². The third-order valence-corrected chi connectivity index (χ3v) is 5.54. The lowest BCUT2D eigenvalue weighted by Crippen LogP contribution is -2.49. The number of anilines is 2. The Hall–Kier alpha value is -2.97. The number of likely N-dealkylation sites (tertiary alicyclic amines) is 1. The number of fused-ring (bicyclic) bond motifs is 1. The highest BCUT2D eigenvalue weighted by atomic mass is 16.5. The minimum Gasteiger partial charge on any atom is -0.497 e. The topological polar surface area (TPSA) is 97.8 Å². The number of aromatic nitrogens is 3. The maximum Gasteiger partial charge on any atom is 0.158 e. The molecule has 8 heteroatoms. The Labute approximate surface area is 169 Å². The molecule has 3 aromatic rings. The van der Waals surface area contributed by atoms with Crippen molar-refractivity contribution >= 4 is 22.8 Å². The zero-order valence-corrected chi connectivity index (χ0v) is 16.7. The molecule has 0 amide bonds. The van der Waals surface area contributed by atoms with E-state index in [1.807, 2.05) is 35.0 Å². The number of rotatable bonds is 6. The fourth-order valence-electron chi connectivity index (χ4n) is 3.93. The summed E-state index contributed by atoms with van der Waals surface area (Å²) in [5, 5.41) is 7.71. The molecule has 0 spiro atoms. The van der Waals surface area contributed by atoms with Crippen molar-refractivity contribution in [2.24, 2.45) is 11.7 Å². The third kappa shape index (κ3) is 4.08. The summed E-state index contributed by atoms with van der Waals surface area (Å²) < 4.78 is 7.13. The lowest BCUT2D eigenvalue weighted by Gasteiger charge is -2.35. The van der Waals surface area contributed by atoms with Gasteiger partial charge in [0.15, 0.2) is 5.82 Å². The van der Waals surface area contributed by atoms with Gasteiger partial charge in [-0.25, -0.2) is 9.50 Å². The van der Waals surface area contributed by atoms with E-state index in [1.54, 1.807) is 14.0 Å². The van der Waals surface area contributed by atoms with E-state index in [2.05, 4.69) is 26.4 Å². The van der Waals surface area contributed by atoms with Crippen molar-refractivity contribution in [1.82, 2.24) is 19.5 Å². The number of hydrogen-bond acceptors (Lipinski definition) is 7. The zero-order chi connectivity index (χ0) is 20.4. The van der Waals surface area contributed by atoms with Crippen molar-refractivity contribution in [1.29, 1.82) is 0 Å². The average molecular weight is 394 g/mol. The normalized spacial score (nSPS) is 20.0. The van der Waals surface area contributed by atoms with Crippen LogP contribution in [0, 0.1) is 5.92 Å². The standard InChI is InChI=1S/C21H26N6O2/c1-14(28)18-12-26(8-7-19(18)22)11-15-6-9-27-20(15)21(23-13-24-27)25-16-4-3-5-17(10-16)29-2/h3-6,9-10,13,18-19H,7-8,11-12,22H2,1-2H3,(H,23,24,25)/t18-,19-/m1/s1. The number of benzene rings is 1. The fraction of sp³-hybridized carbons (Fsp3) is 0.381. The summed E-state index contributed by atoms with van der Waals surface area (Å²) in [4.78, 5) is 18.7. The monoisotopic (exact) mass is 394 g/mol. The van der Waals surface area contributed by atoms with Crippen molar-refractivity contribution in [3.63, 3.8) is 0 Å². The maximum atomic E-state index is 11.9. The number of carbonyl (C=O) groups excluding carboxylic acids is 1. The molecule has 0 aliphatic carbocycles. The summed E-state index contributed by atoms with van der Waals surface area (Å²) in [5.74, 6) is 1.55. The summed E-state index contributed by atoms with van der Waals surface area (Å²) >= 11 is 0. The molecule has 1 fully saturated rings. The number of ether oxygens (including phenoxy) is 1. The van der Waals surface area contributed by atoms with Gasteiger partial charge in [-0.05, 0) is 37.1 Å². The second-order valence-electron chi connectivity index (χ2n) is 7.50. The number of methoxy groups -OCH3 is 1. The van der Waals surface area contributed by atoms with Crippen molar-refractivity contribution in [2.45, 2.75) is 25.9 Å². The molecule has 152 valence electrons. The fourth-order valence-corrected chi connectivity index (χ4v) is 3.93. The predicted octanol–water partition coefficient (Wildman–Crippen LogP) is 2.22. The number of Topliss-reactive ketones (excluding diaryl/α,β-unsaturated/α-hetero) is 1. The minimum atomic E-state index is -0.108. The molecule has 4 rings (SSSR count). The summed E-state index contributed by atoms with van der Waals surface area (Å²) in [5.41, 5.74) is 9.06. The van der Waals surface area contributed by atoms with E-state index in [0.29, 0.717) is 13.1 Å². The Kier molecular flexibility index (Phi) is 5.46. The Balaban J connectivity index is 1.60. The Morgan fingerprint density at radius 3 is 3.03 bits per heavy atom. The van der Waals surface area contributed by atoms with Gasteiger partial charge in [0.2, 0.25) is 0 Å². The Morgan fingerprint density at radius 2 is 2.24 bits per heavy atom. The second-order valence-corrected chi connectivity index (χ2v) is 7.50. The molecule has 1 aromatic carbocycles. The summed E-state index contributed by atoms with van der Waals surface area (Å²) in [6, 6.07) is 9.71. The van der Waals surface area contributed by atoms with Crippen molar-refractivity contribution < 1.29 is 9.53 Å². The number of nitrogens with one attached hydrogen (secondary N) is 1. The lowest BCUT2D eigenvalue weighted by atomic mass is 9.89. The molecule has 8 nitrogen and oxygen atoms in total. The van der Waals surface area contributed by atoms with Crippen LogP contribution in [0.4, 0.5) is 11.5 Å². The van der Waals surface area contributed by atoms with Crippen LogP contribution in [0.25, 0.3) is 5.52 Å². The van der Waals surface area contributed by atoms with Gasteiger partial charge >= 0.3 is 0 Å². The minimum absolute atomic E-state index is 0.0526. The SMILES string of the molecule is COc1cccc(Nc2ncnn3ccc(CN4CC[C@@H](N)[C@@H](C(C)=O)C4)c23)c1. The summed E-state index contributed by atoms with van der Waals surface area (Å²) in [6.07, 6.45) is 4.29. The molecular weight excluding hydrogens is 368 g/mol. The van der Waals surface area contributed by atoms with Gasteiger partial charge in [-0.1, -0.05) is 6.07 Å². The highest BCUT2D eigenvalue weighted by molar-refractivity contribution is 5.79. The van der Waals surface area contributed by atoms with Gasteiger partial charge in [-0.15, -0.1) is 0 Å². The summed E-state index contributed by atoms with van der Waals surface area (Å²) in [7, 11) is 1.64. The van der Waals surface area contributed by atoms with E-state index in [9.17, 15) is 4.79 Å². The molecule has 0 bridgehead atoms. The lowest BCUT2D eigenvalue weighted by molar-refractivity contribution is -0.123. The van der Waals surface area contributed by atoms with Crippen molar-refractivity contribution in [3.8, 4) is 5.75 Å². The van der Waals surface area contributed by atoms with Gasteiger partial charge in [-0.2, -0.15) is 5.10 Å². The molecule has 3 N–H and O–H groups in total. The zero-order valence-electron chi connectivity index (χ0n) is 16.7. The first-order chi connectivity index (χ1) is 14.0. The van der Waals surface area contributed by atoms with Crippen LogP contribution in [0.1, 0.15) is 18.9 Å². The van der Waals surface area contributed by atoms with Crippen molar-refractivity contribution in [3.05, 3.63) is 48.4 Å². The number of hydrogen-bond donors (Lipinski definition) is 2. The van der Waals surface area contributed by atoms with E-state index < -0.39 is 0 Å². The van der Waals surface area contributed by atoms with Crippen LogP contribution in [-0.2, 0) is 11.3 Å². The van der Waals surface area contributed by atoms with Crippen LogP contribution in [0.3, 0.4) is 0 Å². The number of carbonyl (C=O) groups is 1. The third-order valence-electron chi connectivity index (χ3n) is 5.54. The molecule has 3 heterocycles. The second kappa shape index (κ2) is 8.18. The molecular formula is C21H26N6O2. The van der Waals surface area contributed by atoms with E-state index in [-0.39, 0.29) is 17.7 Å². The van der Waals surface area contributed by atoms with Crippen LogP contribution >= 0.6 is 0 Å². The summed E-state index contributed by atoms with van der Waals surface area (Å²) in [6.45, 7) is 3.90. The van der Waals surface area contributed by atoms with E-state index in [4.69, 9.17) is 10.5 Å². The Bertz CT molecular complexity index is 1020. The molecule has 0 saturated carbocycles. The van der Waals surface area contributed by atoms with E-state index in [1.165, 1.54) is 6.33 Å². The van der Waals surface area contributed by atoms with Crippen LogP contribution in [0.2, 0.25) is 0 Å². The van der Waals surface area contributed by atoms with Crippen LogP contribution in [-0.4, -0.2) is 51.5 Å². The van der Waals surface area contributed by atoms with Gasteiger partial charge in [0, 0.05) is 49.5 Å². The molecule has 1 saturated heterocycles.